The third-order valence-corrected chi connectivity index (χ3v) is 2.88. The Bertz CT molecular complexity index is 615. The Morgan fingerprint density at radius 1 is 1.17 bits per heavy atom. The Kier molecular flexibility index (Phi) is 3.21. The van der Waals surface area contributed by atoms with E-state index in [-0.39, 0.29) is 5.78 Å². The molecule has 0 fully saturated rings. The van der Waals surface area contributed by atoms with Gasteiger partial charge in [0.25, 0.3) is 0 Å². The van der Waals surface area contributed by atoms with Gasteiger partial charge in [-0.25, -0.2) is 4.99 Å². The number of hydrogen-bond acceptors (Lipinski definition) is 4. The molecular weight excluding hydrogens is 250 g/mol. The summed E-state index contributed by atoms with van der Waals surface area (Å²) in [6, 6.07) is 3.44. The SMILES string of the molecule is Cc1cc(N=C2C=CC(=O)C=C2Cl)c(N)cc1N. The van der Waals surface area contributed by atoms with Crippen molar-refractivity contribution in [1.82, 2.24) is 0 Å². The third-order valence-electron chi connectivity index (χ3n) is 2.58. The number of halogens is 1. The van der Waals surface area contributed by atoms with E-state index >= 15 is 0 Å². The fourth-order valence-corrected chi connectivity index (χ4v) is 1.74. The van der Waals surface area contributed by atoms with Crippen LogP contribution in [0.2, 0.25) is 0 Å². The number of nitrogens with two attached hydrogens (primary N) is 2. The molecule has 1 aliphatic rings. The molecule has 4 N–H and O–H groups in total. The van der Waals surface area contributed by atoms with E-state index in [1.807, 2.05) is 6.92 Å². The van der Waals surface area contributed by atoms with Crippen LogP contribution in [0, 0.1) is 6.92 Å². The molecule has 5 heteroatoms. The number of aryl methyl sites for hydroxylation is 1. The summed E-state index contributed by atoms with van der Waals surface area (Å²) in [5.74, 6) is -0.152. The van der Waals surface area contributed by atoms with Gasteiger partial charge < -0.3 is 11.5 Å². The van der Waals surface area contributed by atoms with Crippen LogP contribution in [0.4, 0.5) is 17.1 Å². The van der Waals surface area contributed by atoms with Gasteiger partial charge in [0.15, 0.2) is 5.78 Å². The van der Waals surface area contributed by atoms with Crippen molar-refractivity contribution in [3.63, 3.8) is 0 Å². The molecule has 0 bridgehead atoms. The molecule has 92 valence electrons. The van der Waals surface area contributed by atoms with Gasteiger partial charge in [-0.2, -0.15) is 0 Å². The van der Waals surface area contributed by atoms with Gasteiger partial charge in [0.1, 0.15) is 0 Å². The van der Waals surface area contributed by atoms with E-state index in [0.717, 1.165) is 5.56 Å². The standard InChI is InChI=1S/C13H12ClN3O/c1-7-4-13(11(16)6-10(7)15)17-12-3-2-8(18)5-9(12)14/h2-6H,15-16H2,1H3. The van der Waals surface area contributed by atoms with E-state index < -0.39 is 0 Å². The second-order valence-corrected chi connectivity index (χ2v) is 4.40. The lowest BCUT2D eigenvalue weighted by Crippen LogP contribution is -2.04. The van der Waals surface area contributed by atoms with E-state index in [9.17, 15) is 4.79 Å². The number of allylic oxidation sites excluding steroid dienone is 4. The van der Waals surface area contributed by atoms with Gasteiger partial charge in [0, 0.05) is 11.8 Å². The van der Waals surface area contributed by atoms with E-state index in [1.54, 1.807) is 18.2 Å². The number of aliphatic imine (C=N–C) groups is 1. The maximum Gasteiger partial charge on any atom is 0.180 e. The highest BCUT2D eigenvalue weighted by molar-refractivity contribution is 6.48. The molecular formula is C13H12ClN3O. The monoisotopic (exact) mass is 261 g/mol. The smallest absolute Gasteiger partial charge is 0.180 e. The van der Waals surface area contributed by atoms with Crippen molar-refractivity contribution < 1.29 is 4.79 Å². The molecule has 0 heterocycles. The zero-order valence-electron chi connectivity index (χ0n) is 9.77. The first-order chi connectivity index (χ1) is 8.47. The van der Waals surface area contributed by atoms with Crippen molar-refractivity contribution in [2.45, 2.75) is 6.92 Å². The fraction of sp³-hybridized carbons (Fsp3) is 0.0769. The first kappa shape index (κ1) is 12.4. The number of nitrogens with zero attached hydrogens (tertiary/aromatic N) is 1. The van der Waals surface area contributed by atoms with E-state index in [2.05, 4.69) is 4.99 Å². The van der Waals surface area contributed by atoms with Gasteiger partial charge in [0.2, 0.25) is 0 Å². The maximum absolute atomic E-state index is 11.1. The molecule has 0 amide bonds. The predicted molar refractivity (Wildman–Crippen MR) is 75.2 cm³/mol. The summed E-state index contributed by atoms with van der Waals surface area (Å²) in [6.45, 7) is 1.87. The van der Waals surface area contributed by atoms with Gasteiger partial charge >= 0.3 is 0 Å². The summed E-state index contributed by atoms with van der Waals surface area (Å²) in [7, 11) is 0. The minimum absolute atomic E-state index is 0.152. The zero-order chi connectivity index (χ0) is 13.3. The van der Waals surface area contributed by atoms with Crippen LogP contribution >= 0.6 is 11.6 Å². The first-order valence-corrected chi connectivity index (χ1v) is 5.69. The van der Waals surface area contributed by atoms with Crippen molar-refractivity contribution in [1.29, 1.82) is 0 Å². The van der Waals surface area contributed by atoms with Crippen molar-refractivity contribution in [3.05, 3.63) is 41.0 Å². The number of nitrogen functional groups attached to an aromatic ring is 2. The average Bonchev–Trinajstić information content (AvgIpc) is 2.29. The van der Waals surface area contributed by atoms with E-state index in [1.165, 1.54) is 12.2 Å². The van der Waals surface area contributed by atoms with Crippen LogP contribution in [0.25, 0.3) is 0 Å². The zero-order valence-corrected chi connectivity index (χ0v) is 10.5. The summed E-state index contributed by atoms with van der Waals surface area (Å²) >= 11 is 5.94. The molecule has 4 nitrogen and oxygen atoms in total. The van der Waals surface area contributed by atoms with Gasteiger partial charge in [-0.1, -0.05) is 11.6 Å². The largest absolute Gasteiger partial charge is 0.398 e. The molecule has 1 aromatic rings. The van der Waals surface area contributed by atoms with Crippen LogP contribution in [0.1, 0.15) is 5.56 Å². The normalized spacial score (nSPS) is 17.1. The number of carbonyl (C=O) groups excluding carboxylic acids is 1. The molecule has 18 heavy (non-hydrogen) atoms. The predicted octanol–water partition coefficient (Wildman–Crippen LogP) is 2.49. The number of hydrogen-bond donors (Lipinski definition) is 2. The van der Waals surface area contributed by atoms with Crippen LogP contribution in [-0.4, -0.2) is 11.5 Å². The van der Waals surface area contributed by atoms with Crippen LogP contribution in [0.3, 0.4) is 0 Å². The lowest BCUT2D eigenvalue weighted by molar-refractivity contribution is -0.110. The van der Waals surface area contributed by atoms with E-state index in [0.29, 0.717) is 27.8 Å². The minimum atomic E-state index is -0.152. The molecule has 0 unspecified atom stereocenters. The molecule has 0 radical (unpaired) electrons. The Morgan fingerprint density at radius 2 is 1.89 bits per heavy atom. The fourth-order valence-electron chi connectivity index (χ4n) is 1.53. The van der Waals surface area contributed by atoms with Gasteiger partial charge in [-0.3, -0.25) is 4.79 Å². The number of carbonyl (C=O) groups is 1. The molecule has 0 aromatic heterocycles. The van der Waals surface area contributed by atoms with Crippen molar-refractivity contribution in [2.24, 2.45) is 4.99 Å². The first-order valence-electron chi connectivity index (χ1n) is 5.31. The van der Waals surface area contributed by atoms with Crippen LogP contribution < -0.4 is 11.5 Å². The molecule has 0 saturated carbocycles. The second kappa shape index (κ2) is 4.66. The number of ketones is 1. The average molecular weight is 262 g/mol. The number of anilines is 2. The van der Waals surface area contributed by atoms with Gasteiger partial charge in [-0.15, -0.1) is 0 Å². The quantitative estimate of drug-likeness (QED) is 0.602. The highest BCUT2D eigenvalue weighted by Gasteiger charge is 2.10. The summed E-state index contributed by atoms with van der Waals surface area (Å²) < 4.78 is 0. The lowest BCUT2D eigenvalue weighted by Gasteiger charge is -2.08. The summed E-state index contributed by atoms with van der Waals surface area (Å²) in [6.07, 6.45) is 4.29. The van der Waals surface area contributed by atoms with E-state index in [4.69, 9.17) is 23.1 Å². The highest BCUT2D eigenvalue weighted by Crippen LogP contribution is 2.29. The Hall–Kier alpha value is -2.07. The molecule has 1 aliphatic carbocycles. The number of benzene rings is 1. The Balaban J connectivity index is 2.46. The van der Waals surface area contributed by atoms with Crippen molar-refractivity contribution in [2.75, 3.05) is 11.5 Å². The molecule has 0 saturated heterocycles. The van der Waals surface area contributed by atoms with Crippen LogP contribution in [0.15, 0.2) is 40.4 Å². The van der Waals surface area contributed by atoms with Crippen LogP contribution in [-0.2, 0) is 4.79 Å². The minimum Gasteiger partial charge on any atom is -0.398 e. The third kappa shape index (κ3) is 2.43. The van der Waals surface area contributed by atoms with Crippen LogP contribution in [0.5, 0.6) is 0 Å². The van der Waals surface area contributed by atoms with Crippen molar-refractivity contribution in [3.8, 4) is 0 Å². The maximum atomic E-state index is 11.1. The summed E-state index contributed by atoms with van der Waals surface area (Å²) in [5.41, 5.74) is 14.7. The Morgan fingerprint density at radius 3 is 2.56 bits per heavy atom. The van der Waals surface area contributed by atoms with Gasteiger partial charge in [-0.05, 0) is 36.8 Å². The number of rotatable bonds is 1. The molecule has 0 aliphatic heterocycles. The highest BCUT2D eigenvalue weighted by atomic mass is 35.5. The van der Waals surface area contributed by atoms with Gasteiger partial charge in [0.05, 0.1) is 22.1 Å². The van der Waals surface area contributed by atoms with Crippen molar-refractivity contribution >= 4 is 40.2 Å². The molecule has 1 aromatic carbocycles. The topological polar surface area (TPSA) is 81.5 Å². The molecule has 0 atom stereocenters. The lowest BCUT2D eigenvalue weighted by atomic mass is 10.1. The molecule has 0 spiro atoms. The second-order valence-electron chi connectivity index (χ2n) is 3.99. The summed E-state index contributed by atoms with van der Waals surface area (Å²) in [5, 5.41) is 0.302. The molecule has 2 rings (SSSR count). The summed E-state index contributed by atoms with van der Waals surface area (Å²) in [4.78, 5) is 15.4. The Labute approximate surface area is 110 Å².